The highest BCUT2D eigenvalue weighted by atomic mass is 35.5. The predicted octanol–water partition coefficient (Wildman–Crippen LogP) is 5.36. The number of hydrogen-bond acceptors (Lipinski definition) is 4. The van der Waals surface area contributed by atoms with E-state index in [0.29, 0.717) is 39.2 Å². The molecule has 4 rings (SSSR count). The molecule has 0 bridgehead atoms. The van der Waals surface area contributed by atoms with Gasteiger partial charge in [0.15, 0.2) is 0 Å². The van der Waals surface area contributed by atoms with Crippen LogP contribution in [0.15, 0.2) is 54.6 Å². The fourth-order valence-corrected chi connectivity index (χ4v) is 4.74. The number of fused-ring (bicyclic) bond motifs is 1. The lowest BCUT2D eigenvalue weighted by molar-refractivity contribution is -0.121. The van der Waals surface area contributed by atoms with Gasteiger partial charge in [0.1, 0.15) is 16.9 Å². The van der Waals surface area contributed by atoms with Gasteiger partial charge in [-0.25, -0.2) is 0 Å². The van der Waals surface area contributed by atoms with Crippen LogP contribution in [0.25, 0.3) is 0 Å². The van der Waals surface area contributed by atoms with Crippen LogP contribution in [-0.2, 0) is 23.4 Å². The van der Waals surface area contributed by atoms with E-state index in [-0.39, 0.29) is 12.5 Å². The van der Waals surface area contributed by atoms with Crippen LogP contribution in [0, 0.1) is 0 Å². The third-order valence-electron chi connectivity index (χ3n) is 6.04. The standard InChI is InChI=1S/C25H23Cl2NO4/c1-25(19-10-15(14-29)4-8-21(19)27)20-11-17(26)6-9-22(20)28(24(25)30)13-16-5-7-18(31-2)12-23(16)32-3/h4-12,29H,13-14H2,1-3H3. The summed E-state index contributed by atoms with van der Waals surface area (Å²) in [4.78, 5) is 15.7. The number of benzene rings is 3. The molecule has 7 heteroatoms. The summed E-state index contributed by atoms with van der Waals surface area (Å²) in [6.45, 7) is 2.00. The van der Waals surface area contributed by atoms with Crippen LogP contribution < -0.4 is 14.4 Å². The lowest BCUT2D eigenvalue weighted by Gasteiger charge is -2.27. The number of rotatable bonds is 6. The number of methoxy groups -OCH3 is 2. The third kappa shape index (κ3) is 3.60. The number of amides is 1. The van der Waals surface area contributed by atoms with E-state index in [1.165, 1.54) is 0 Å². The van der Waals surface area contributed by atoms with Gasteiger partial charge >= 0.3 is 0 Å². The lowest BCUT2D eigenvalue weighted by Crippen LogP contribution is -2.39. The molecule has 32 heavy (non-hydrogen) atoms. The molecule has 5 nitrogen and oxygen atoms in total. The molecule has 3 aromatic carbocycles. The number of carbonyl (C=O) groups excluding carboxylic acids is 1. The van der Waals surface area contributed by atoms with Crippen molar-refractivity contribution >= 4 is 34.8 Å². The molecule has 1 amide bonds. The molecule has 0 radical (unpaired) electrons. The Hall–Kier alpha value is -2.73. The summed E-state index contributed by atoms with van der Waals surface area (Å²) >= 11 is 12.9. The predicted molar refractivity (Wildman–Crippen MR) is 126 cm³/mol. The van der Waals surface area contributed by atoms with Gasteiger partial charge in [0.2, 0.25) is 5.91 Å². The van der Waals surface area contributed by atoms with Crippen LogP contribution in [0.4, 0.5) is 5.69 Å². The van der Waals surface area contributed by atoms with Crippen molar-refractivity contribution in [3.05, 3.63) is 86.9 Å². The molecule has 1 N–H and O–H groups in total. The third-order valence-corrected chi connectivity index (χ3v) is 6.60. The van der Waals surface area contributed by atoms with Crippen LogP contribution in [0.3, 0.4) is 0 Å². The van der Waals surface area contributed by atoms with Crippen molar-refractivity contribution in [1.29, 1.82) is 0 Å². The fraction of sp³-hybridized carbons (Fsp3) is 0.240. The second-order valence-corrected chi connectivity index (χ2v) is 8.67. The summed E-state index contributed by atoms with van der Waals surface area (Å²) in [7, 11) is 3.18. The summed E-state index contributed by atoms with van der Waals surface area (Å²) in [5, 5.41) is 10.6. The quantitative estimate of drug-likeness (QED) is 0.525. The smallest absolute Gasteiger partial charge is 0.242 e. The van der Waals surface area contributed by atoms with E-state index in [1.54, 1.807) is 49.5 Å². The lowest BCUT2D eigenvalue weighted by atomic mass is 9.76. The fourth-order valence-electron chi connectivity index (χ4n) is 4.26. The Kier molecular flexibility index (Phi) is 6.08. The molecule has 1 heterocycles. The minimum Gasteiger partial charge on any atom is -0.497 e. The summed E-state index contributed by atoms with van der Waals surface area (Å²) in [5.74, 6) is 1.16. The van der Waals surface area contributed by atoms with Gasteiger partial charge < -0.3 is 19.5 Å². The molecular formula is C25H23Cl2NO4. The van der Waals surface area contributed by atoms with E-state index in [0.717, 1.165) is 16.8 Å². The molecule has 0 spiro atoms. The Morgan fingerprint density at radius 1 is 0.969 bits per heavy atom. The molecule has 3 aromatic rings. The van der Waals surface area contributed by atoms with Gasteiger partial charge in [0, 0.05) is 27.4 Å². The van der Waals surface area contributed by atoms with E-state index in [2.05, 4.69) is 0 Å². The van der Waals surface area contributed by atoms with Gasteiger partial charge in [0.25, 0.3) is 0 Å². The first-order valence-electron chi connectivity index (χ1n) is 10.1. The summed E-state index contributed by atoms with van der Waals surface area (Å²) in [6, 6.07) is 16.2. The highest BCUT2D eigenvalue weighted by molar-refractivity contribution is 6.32. The monoisotopic (exact) mass is 471 g/mol. The van der Waals surface area contributed by atoms with Gasteiger partial charge in [-0.1, -0.05) is 35.3 Å². The van der Waals surface area contributed by atoms with Gasteiger partial charge in [-0.3, -0.25) is 4.79 Å². The van der Waals surface area contributed by atoms with Crippen LogP contribution in [0.5, 0.6) is 11.5 Å². The maximum Gasteiger partial charge on any atom is 0.242 e. The number of ether oxygens (including phenoxy) is 2. The van der Waals surface area contributed by atoms with Gasteiger partial charge in [0.05, 0.1) is 27.4 Å². The van der Waals surface area contributed by atoms with Crippen molar-refractivity contribution in [3.63, 3.8) is 0 Å². The van der Waals surface area contributed by atoms with Crippen LogP contribution in [0.2, 0.25) is 10.0 Å². The second kappa shape index (κ2) is 8.66. The molecule has 166 valence electrons. The van der Waals surface area contributed by atoms with Gasteiger partial charge in [-0.2, -0.15) is 0 Å². The van der Waals surface area contributed by atoms with E-state index in [9.17, 15) is 9.90 Å². The summed E-state index contributed by atoms with van der Waals surface area (Å²) in [5.41, 5.74) is 2.59. The zero-order chi connectivity index (χ0) is 23.0. The van der Waals surface area contributed by atoms with Crippen molar-refractivity contribution < 1.29 is 19.4 Å². The number of aliphatic hydroxyl groups is 1. The van der Waals surface area contributed by atoms with Crippen LogP contribution in [0.1, 0.15) is 29.2 Å². The number of halogens is 2. The Bertz CT molecular complexity index is 1200. The van der Waals surface area contributed by atoms with Crippen LogP contribution >= 0.6 is 23.2 Å². The van der Waals surface area contributed by atoms with Gasteiger partial charge in [-0.15, -0.1) is 0 Å². The van der Waals surface area contributed by atoms with E-state index >= 15 is 0 Å². The van der Waals surface area contributed by atoms with Gasteiger partial charge in [-0.05, 0) is 60.0 Å². The molecule has 1 aliphatic heterocycles. The highest BCUT2D eigenvalue weighted by Gasteiger charge is 2.49. The molecule has 1 atom stereocenters. The summed E-state index contributed by atoms with van der Waals surface area (Å²) in [6.07, 6.45) is 0. The largest absolute Gasteiger partial charge is 0.497 e. The first-order chi connectivity index (χ1) is 15.3. The van der Waals surface area contributed by atoms with Crippen molar-refractivity contribution in [3.8, 4) is 11.5 Å². The molecule has 0 fully saturated rings. The van der Waals surface area contributed by atoms with Crippen LogP contribution in [-0.4, -0.2) is 25.2 Å². The molecule has 1 unspecified atom stereocenters. The Morgan fingerprint density at radius 3 is 2.44 bits per heavy atom. The highest BCUT2D eigenvalue weighted by Crippen LogP contribution is 2.49. The van der Waals surface area contributed by atoms with E-state index < -0.39 is 5.41 Å². The molecular weight excluding hydrogens is 449 g/mol. The van der Waals surface area contributed by atoms with E-state index in [1.807, 2.05) is 31.2 Å². The zero-order valence-electron chi connectivity index (χ0n) is 18.0. The number of carbonyl (C=O) groups is 1. The minimum atomic E-state index is -1.07. The van der Waals surface area contributed by atoms with Crippen molar-refractivity contribution in [1.82, 2.24) is 0 Å². The zero-order valence-corrected chi connectivity index (χ0v) is 19.5. The Morgan fingerprint density at radius 2 is 1.75 bits per heavy atom. The molecule has 0 saturated heterocycles. The molecule has 0 aromatic heterocycles. The number of aliphatic hydroxyl groups excluding tert-OH is 1. The summed E-state index contributed by atoms with van der Waals surface area (Å²) < 4.78 is 10.8. The molecule has 0 aliphatic carbocycles. The van der Waals surface area contributed by atoms with Crippen molar-refractivity contribution in [2.75, 3.05) is 19.1 Å². The number of hydrogen-bond donors (Lipinski definition) is 1. The maximum atomic E-state index is 14.0. The molecule has 1 aliphatic rings. The second-order valence-electron chi connectivity index (χ2n) is 7.83. The Labute approximate surface area is 197 Å². The average Bonchev–Trinajstić information content (AvgIpc) is 3.01. The first kappa shape index (κ1) is 22.5. The maximum absolute atomic E-state index is 14.0. The first-order valence-corrected chi connectivity index (χ1v) is 10.8. The number of anilines is 1. The SMILES string of the molecule is COc1ccc(CN2C(=O)C(C)(c3cc(CO)ccc3Cl)c3cc(Cl)ccc32)c(OC)c1. The topological polar surface area (TPSA) is 59.0 Å². The number of nitrogens with zero attached hydrogens (tertiary/aromatic N) is 1. The average molecular weight is 472 g/mol. The normalized spacial score (nSPS) is 17.4. The minimum absolute atomic E-state index is 0.135. The van der Waals surface area contributed by atoms with E-state index in [4.69, 9.17) is 32.7 Å². The van der Waals surface area contributed by atoms with Crippen molar-refractivity contribution in [2.45, 2.75) is 25.5 Å². The molecule has 0 saturated carbocycles. The Balaban J connectivity index is 1.86. The van der Waals surface area contributed by atoms with Crippen molar-refractivity contribution in [2.24, 2.45) is 0 Å².